The van der Waals surface area contributed by atoms with Crippen LogP contribution < -0.4 is 5.32 Å². The molecule has 2 aliphatic rings. The molecule has 0 aromatic heterocycles. The predicted octanol–water partition coefficient (Wildman–Crippen LogP) is 1.10. The maximum absolute atomic E-state index is 12.3. The van der Waals surface area contributed by atoms with Crippen molar-refractivity contribution in [2.24, 2.45) is 5.92 Å². The fraction of sp³-hybridized carbons (Fsp3) is 0.857. The van der Waals surface area contributed by atoms with Crippen LogP contribution in [0.3, 0.4) is 0 Å². The van der Waals surface area contributed by atoms with Crippen molar-refractivity contribution in [3.05, 3.63) is 0 Å². The van der Waals surface area contributed by atoms with E-state index in [2.05, 4.69) is 12.2 Å². The molecule has 21 heavy (non-hydrogen) atoms. The van der Waals surface area contributed by atoms with E-state index in [1.54, 1.807) is 0 Å². The van der Waals surface area contributed by atoms with Crippen molar-refractivity contribution in [3.8, 4) is 0 Å². The van der Waals surface area contributed by atoms with Gasteiger partial charge >= 0.3 is 5.97 Å². The zero-order valence-electron chi connectivity index (χ0n) is 12.3. The molecule has 2 fully saturated rings. The number of sulfone groups is 1. The number of carboxylic acid groups (broad SMARTS) is 1. The van der Waals surface area contributed by atoms with Crippen molar-refractivity contribution in [2.45, 2.75) is 62.7 Å². The van der Waals surface area contributed by atoms with E-state index in [-0.39, 0.29) is 5.75 Å². The Kier molecular flexibility index (Phi) is 4.60. The van der Waals surface area contributed by atoms with E-state index in [1.807, 2.05) is 0 Å². The van der Waals surface area contributed by atoms with Crippen LogP contribution in [0.5, 0.6) is 0 Å². The fourth-order valence-corrected chi connectivity index (χ4v) is 5.01. The number of carbonyl (C=O) groups excluding carboxylic acids is 1. The molecular formula is C14H23NO5S. The third-order valence-electron chi connectivity index (χ3n) is 4.77. The summed E-state index contributed by atoms with van der Waals surface area (Å²) in [5.41, 5.74) is -1.30. The van der Waals surface area contributed by atoms with E-state index in [9.17, 15) is 23.1 Å². The second kappa shape index (κ2) is 5.94. The third kappa shape index (κ3) is 3.39. The lowest BCUT2D eigenvalue weighted by atomic mass is 9.77. The van der Waals surface area contributed by atoms with Crippen molar-refractivity contribution < 1.29 is 23.1 Å². The first-order valence-electron chi connectivity index (χ1n) is 7.54. The summed E-state index contributed by atoms with van der Waals surface area (Å²) in [5.74, 6) is -1.24. The molecule has 1 saturated heterocycles. The van der Waals surface area contributed by atoms with Gasteiger partial charge in [0.15, 0.2) is 9.84 Å². The average Bonchev–Trinajstić information content (AvgIpc) is 2.40. The van der Waals surface area contributed by atoms with Gasteiger partial charge in [-0.1, -0.05) is 13.3 Å². The normalized spacial score (nSPS) is 35.9. The van der Waals surface area contributed by atoms with Crippen molar-refractivity contribution in [1.29, 1.82) is 0 Å². The molecule has 1 heterocycles. The predicted molar refractivity (Wildman–Crippen MR) is 77.6 cm³/mol. The third-order valence-corrected chi connectivity index (χ3v) is 6.95. The Morgan fingerprint density at radius 1 is 1.14 bits per heavy atom. The van der Waals surface area contributed by atoms with Gasteiger partial charge in [-0.3, -0.25) is 4.79 Å². The van der Waals surface area contributed by atoms with Gasteiger partial charge in [0, 0.05) is 0 Å². The van der Waals surface area contributed by atoms with E-state index >= 15 is 0 Å². The van der Waals surface area contributed by atoms with Gasteiger partial charge in [0.25, 0.3) is 0 Å². The zero-order chi connectivity index (χ0) is 15.7. The van der Waals surface area contributed by atoms with Crippen LogP contribution in [0.4, 0.5) is 0 Å². The Labute approximate surface area is 125 Å². The van der Waals surface area contributed by atoms with Gasteiger partial charge in [-0.15, -0.1) is 0 Å². The molecule has 1 atom stereocenters. The van der Waals surface area contributed by atoms with Crippen LogP contribution in [0.1, 0.15) is 51.9 Å². The van der Waals surface area contributed by atoms with E-state index in [0.29, 0.717) is 38.0 Å². The summed E-state index contributed by atoms with van der Waals surface area (Å²) < 4.78 is 24.0. The topological polar surface area (TPSA) is 101 Å². The maximum Gasteiger partial charge on any atom is 0.329 e. The molecule has 120 valence electrons. The van der Waals surface area contributed by atoms with Gasteiger partial charge in [-0.05, 0) is 44.4 Å². The molecule has 0 radical (unpaired) electrons. The molecule has 1 saturated carbocycles. The van der Waals surface area contributed by atoms with Gasteiger partial charge in [0.1, 0.15) is 10.8 Å². The van der Waals surface area contributed by atoms with Gasteiger partial charge in [0.05, 0.1) is 5.75 Å². The SMILES string of the molecule is CC1CCC(NC(=O)C2CCCCS2(=O)=O)(C(=O)O)CC1. The fourth-order valence-electron chi connectivity index (χ4n) is 3.21. The lowest BCUT2D eigenvalue weighted by molar-refractivity contribution is -0.149. The van der Waals surface area contributed by atoms with Crippen LogP contribution in [0, 0.1) is 5.92 Å². The Morgan fingerprint density at radius 3 is 2.29 bits per heavy atom. The monoisotopic (exact) mass is 317 g/mol. The largest absolute Gasteiger partial charge is 0.480 e. The number of carboxylic acids is 1. The molecule has 1 unspecified atom stereocenters. The number of hydrogen-bond acceptors (Lipinski definition) is 4. The van der Waals surface area contributed by atoms with Crippen LogP contribution in [-0.4, -0.2) is 41.9 Å². The molecule has 6 nitrogen and oxygen atoms in total. The van der Waals surface area contributed by atoms with E-state index in [1.165, 1.54) is 0 Å². The van der Waals surface area contributed by atoms with Gasteiger partial charge in [0.2, 0.25) is 5.91 Å². The number of nitrogens with one attached hydrogen (secondary N) is 1. The van der Waals surface area contributed by atoms with Crippen LogP contribution in [-0.2, 0) is 19.4 Å². The number of hydrogen-bond donors (Lipinski definition) is 2. The first-order valence-corrected chi connectivity index (χ1v) is 9.25. The summed E-state index contributed by atoms with van der Waals surface area (Å²) in [6.07, 6.45) is 3.74. The summed E-state index contributed by atoms with van der Waals surface area (Å²) in [6, 6.07) is 0. The number of aliphatic carboxylic acids is 1. The molecule has 2 N–H and O–H groups in total. The molecule has 1 aliphatic carbocycles. The van der Waals surface area contributed by atoms with Crippen LogP contribution in [0.15, 0.2) is 0 Å². The molecule has 0 aromatic carbocycles. The second-order valence-corrected chi connectivity index (χ2v) is 8.71. The van der Waals surface area contributed by atoms with Crippen molar-refractivity contribution in [3.63, 3.8) is 0 Å². The van der Waals surface area contributed by atoms with Crippen LogP contribution >= 0.6 is 0 Å². The minimum atomic E-state index is -3.44. The van der Waals surface area contributed by atoms with E-state index < -0.39 is 32.5 Å². The molecule has 2 rings (SSSR count). The maximum atomic E-state index is 12.3. The first-order chi connectivity index (χ1) is 9.77. The highest BCUT2D eigenvalue weighted by Crippen LogP contribution is 2.33. The standard InChI is InChI=1S/C14H23NO5S/c1-10-5-7-14(8-6-10,13(17)18)15-12(16)11-4-2-3-9-21(11,19)20/h10-11H,2-9H2,1H3,(H,15,16)(H,17,18). The highest BCUT2D eigenvalue weighted by atomic mass is 32.2. The summed E-state index contributed by atoms with van der Waals surface area (Å²) in [5, 5.41) is 11.0. The zero-order valence-corrected chi connectivity index (χ0v) is 13.1. The van der Waals surface area contributed by atoms with E-state index in [0.717, 1.165) is 12.8 Å². The lowest BCUT2D eigenvalue weighted by Gasteiger charge is -2.37. The Bertz CT molecular complexity index is 519. The highest BCUT2D eigenvalue weighted by molar-refractivity contribution is 7.92. The average molecular weight is 317 g/mol. The molecule has 1 aliphatic heterocycles. The summed E-state index contributed by atoms with van der Waals surface area (Å²) in [7, 11) is -3.44. The van der Waals surface area contributed by atoms with Gasteiger partial charge < -0.3 is 10.4 Å². The molecule has 0 spiro atoms. The minimum Gasteiger partial charge on any atom is -0.480 e. The summed E-state index contributed by atoms with van der Waals surface area (Å²) >= 11 is 0. The van der Waals surface area contributed by atoms with Gasteiger partial charge in [-0.25, -0.2) is 13.2 Å². The van der Waals surface area contributed by atoms with Crippen LogP contribution in [0.2, 0.25) is 0 Å². The molecule has 0 bridgehead atoms. The van der Waals surface area contributed by atoms with Crippen molar-refractivity contribution in [1.82, 2.24) is 5.32 Å². The number of rotatable bonds is 3. The summed E-state index contributed by atoms with van der Waals surface area (Å²) in [6.45, 7) is 2.05. The number of carbonyl (C=O) groups is 2. The highest BCUT2D eigenvalue weighted by Gasteiger charge is 2.45. The Hall–Kier alpha value is -1.11. The Morgan fingerprint density at radius 2 is 1.76 bits per heavy atom. The Balaban J connectivity index is 2.14. The lowest BCUT2D eigenvalue weighted by Crippen LogP contribution is -2.59. The minimum absolute atomic E-state index is 0.0161. The van der Waals surface area contributed by atoms with Crippen LogP contribution in [0.25, 0.3) is 0 Å². The molecule has 7 heteroatoms. The van der Waals surface area contributed by atoms with E-state index in [4.69, 9.17) is 0 Å². The van der Waals surface area contributed by atoms with Crippen molar-refractivity contribution in [2.75, 3.05) is 5.75 Å². The van der Waals surface area contributed by atoms with Gasteiger partial charge in [-0.2, -0.15) is 0 Å². The smallest absolute Gasteiger partial charge is 0.329 e. The molecule has 0 aromatic rings. The summed E-state index contributed by atoms with van der Waals surface area (Å²) in [4.78, 5) is 23.9. The molecular weight excluding hydrogens is 294 g/mol. The quantitative estimate of drug-likeness (QED) is 0.812. The van der Waals surface area contributed by atoms with Crippen molar-refractivity contribution >= 4 is 21.7 Å². The molecule has 1 amide bonds. The number of amides is 1. The second-order valence-electron chi connectivity index (χ2n) is 6.41. The first kappa shape index (κ1) is 16.3.